The lowest BCUT2D eigenvalue weighted by molar-refractivity contribution is -0.137. The highest BCUT2D eigenvalue weighted by molar-refractivity contribution is 6.36. The molecule has 0 heterocycles. The minimum absolute atomic E-state index is 0.251. The van der Waals surface area contributed by atoms with E-state index in [1.807, 2.05) is 45.9 Å². The quantitative estimate of drug-likeness (QED) is 0.577. The van der Waals surface area contributed by atoms with E-state index in [-0.39, 0.29) is 12.2 Å². The number of amides is 1. The van der Waals surface area contributed by atoms with Crippen molar-refractivity contribution in [3.8, 4) is 0 Å². The van der Waals surface area contributed by atoms with Crippen molar-refractivity contribution < 1.29 is 9.59 Å². The zero-order valence-corrected chi connectivity index (χ0v) is 11.0. The normalized spacial score (nSPS) is 10.7. The van der Waals surface area contributed by atoms with E-state index in [1.54, 1.807) is 6.92 Å². The first-order valence-corrected chi connectivity index (χ1v) is 5.74. The Bertz CT molecular complexity index is 265. The summed E-state index contributed by atoms with van der Waals surface area (Å²) in [5.41, 5.74) is 0.991. The molecule has 0 atom stereocenters. The smallest absolute Gasteiger partial charge is 0.287 e. The van der Waals surface area contributed by atoms with Gasteiger partial charge in [0.05, 0.1) is 0 Å². The summed E-state index contributed by atoms with van der Waals surface area (Å²) >= 11 is 0. The summed E-state index contributed by atoms with van der Waals surface area (Å²) in [6.45, 7) is 9.88. The van der Waals surface area contributed by atoms with Crippen LogP contribution in [0.15, 0.2) is 23.8 Å². The monoisotopic (exact) mass is 225 g/mol. The molecule has 0 rings (SSSR count). The molecule has 0 bridgehead atoms. The summed E-state index contributed by atoms with van der Waals surface area (Å²) in [7, 11) is 0. The number of nitrogens with one attached hydrogen (secondary N) is 1. The van der Waals surface area contributed by atoms with Crippen molar-refractivity contribution in [1.29, 1.82) is 0 Å². The molecular weight excluding hydrogens is 202 g/mol. The Balaban J connectivity index is 0. The fraction of sp³-hybridized carbons (Fsp3) is 0.538. The Hall–Kier alpha value is -1.38. The SMILES string of the molecule is C/C=C\C(=C/C)CNC(=O)C(=O)CC.CC. The second kappa shape index (κ2) is 11.7. The van der Waals surface area contributed by atoms with Gasteiger partial charge in [0.1, 0.15) is 0 Å². The van der Waals surface area contributed by atoms with E-state index in [0.29, 0.717) is 6.54 Å². The molecule has 0 saturated carbocycles. The third-order valence-electron chi connectivity index (χ3n) is 1.78. The van der Waals surface area contributed by atoms with E-state index in [0.717, 1.165) is 5.57 Å². The van der Waals surface area contributed by atoms with E-state index in [4.69, 9.17) is 0 Å². The minimum atomic E-state index is -0.503. The number of hydrogen-bond donors (Lipinski definition) is 1. The maximum absolute atomic E-state index is 11.1. The van der Waals surface area contributed by atoms with E-state index < -0.39 is 5.91 Å². The van der Waals surface area contributed by atoms with Crippen LogP contribution in [0.3, 0.4) is 0 Å². The van der Waals surface area contributed by atoms with Gasteiger partial charge in [-0.2, -0.15) is 0 Å². The lowest BCUT2D eigenvalue weighted by Gasteiger charge is -2.03. The number of Topliss-reactive ketones (excluding diaryl/α,β-unsaturated/α-hetero) is 1. The molecule has 1 amide bonds. The van der Waals surface area contributed by atoms with Gasteiger partial charge in [0.2, 0.25) is 5.78 Å². The number of carbonyl (C=O) groups excluding carboxylic acids is 2. The van der Waals surface area contributed by atoms with Crippen LogP contribution in [0.25, 0.3) is 0 Å². The van der Waals surface area contributed by atoms with Gasteiger partial charge in [-0.3, -0.25) is 9.59 Å². The largest absolute Gasteiger partial charge is 0.345 e. The molecule has 0 aromatic heterocycles. The Morgan fingerprint density at radius 1 is 1.19 bits per heavy atom. The second-order valence-electron chi connectivity index (χ2n) is 2.82. The van der Waals surface area contributed by atoms with E-state index in [2.05, 4.69) is 5.32 Å². The van der Waals surface area contributed by atoms with Crippen molar-refractivity contribution in [2.24, 2.45) is 0 Å². The van der Waals surface area contributed by atoms with Crippen molar-refractivity contribution in [3.63, 3.8) is 0 Å². The summed E-state index contributed by atoms with van der Waals surface area (Å²) in [4.78, 5) is 22.0. The molecule has 0 aliphatic carbocycles. The summed E-state index contributed by atoms with van der Waals surface area (Å²) in [6, 6.07) is 0. The molecule has 1 N–H and O–H groups in total. The van der Waals surface area contributed by atoms with Crippen LogP contribution in [0.4, 0.5) is 0 Å². The zero-order valence-electron chi connectivity index (χ0n) is 11.0. The van der Waals surface area contributed by atoms with Crippen LogP contribution in [0.1, 0.15) is 41.0 Å². The lowest BCUT2D eigenvalue weighted by Crippen LogP contribution is -2.31. The van der Waals surface area contributed by atoms with Gasteiger partial charge < -0.3 is 5.32 Å². The Morgan fingerprint density at radius 2 is 1.75 bits per heavy atom. The predicted molar refractivity (Wildman–Crippen MR) is 68.2 cm³/mol. The standard InChI is InChI=1S/C11H17NO2.C2H6/c1-4-7-9(5-2)8-12-11(14)10(13)6-3;1-2/h4-5,7H,6,8H2,1-3H3,(H,12,14);1-2H3/b7-4-,9-5+;. The second-order valence-corrected chi connectivity index (χ2v) is 2.82. The molecule has 0 saturated heterocycles. The zero-order chi connectivity index (χ0) is 13.0. The Morgan fingerprint density at radius 3 is 2.12 bits per heavy atom. The average molecular weight is 225 g/mol. The van der Waals surface area contributed by atoms with Crippen molar-refractivity contribution in [1.82, 2.24) is 5.32 Å². The molecule has 0 aromatic rings. The fourth-order valence-corrected chi connectivity index (χ4v) is 0.913. The van der Waals surface area contributed by atoms with Crippen LogP contribution >= 0.6 is 0 Å². The molecule has 0 spiro atoms. The summed E-state index contributed by atoms with van der Waals surface area (Å²) < 4.78 is 0. The van der Waals surface area contributed by atoms with Crippen LogP contribution in [-0.4, -0.2) is 18.2 Å². The third-order valence-corrected chi connectivity index (χ3v) is 1.78. The van der Waals surface area contributed by atoms with Crippen molar-refractivity contribution in [2.45, 2.75) is 41.0 Å². The highest BCUT2D eigenvalue weighted by atomic mass is 16.2. The topological polar surface area (TPSA) is 46.2 Å². The summed E-state index contributed by atoms with van der Waals surface area (Å²) in [5.74, 6) is -0.878. The number of allylic oxidation sites excluding steroid dienone is 2. The molecule has 0 aromatic carbocycles. The van der Waals surface area contributed by atoms with E-state index in [1.165, 1.54) is 0 Å². The molecule has 16 heavy (non-hydrogen) atoms. The van der Waals surface area contributed by atoms with Gasteiger partial charge in [0.25, 0.3) is 5.91 Å². The predicted octanol–water partition coefficient (Wildman–Crippen LogP) is 2.63. The summed E-state index contributed by atoms with van der Waals surface area (Å²) in [6.07, 6.45) is 5.94. The maximum Gasteiger partial charge on any atom is 0.287 e. The van der Waals surface area contributed by atoms with Gasteiger partial charge in [0.15, 0.2) is 0 Å². The van der Waals surface area contributed by atoms with Crippen molar-refractivity contribution in [2.75, 3.05) is 6.54 Å². The molecule has 0 aliphatic heterocycles. The lowest BCUT2D eigenvalue weighted by atomic mass is 10.2. The van der Waals surface area contributed by atoms with Crippen LogP contribution in [0.2, 0.25) is 0 Å². The van der Waals surface area contributed by atoms with E-state index in [9.17, 15) is 9.59 Å². The molecule has 3 nitrogen and oxygen atoms in total. The minimum Gasteiger partial charge on any atom is -0.345 e. The van der Waals surface area contributed by atoms with Crippen LogP contribution in [0, 0.1) is 0 Å². The first kappa shape index (κ1) is 17.0. The molecule has 3 heteroatoms. The number of ketones is 1. The first-order valence-electron chi connectivity index (χ1n) is 5.74. The highest BCUT2D eigenvalue weighted by Crippen LogP contribution is 1.94. The first-order chi connectivity index (χ1) is 7.65. The highest BCUT2D eigenvalue weighted by Gasteiger charge is 2.09. The van der Waals surface area contributed by atoms with Crippen LogP contribution in [0.5, 0.6) is 0 Å². The molecule has 0 radical (unpaired) electrons. The van der Waals surface area contributed by atoms with Gasteiger partial charge in [-0.15, -0.1) is 0 Å². The van der Waals surface area contributed by atoms with Crippen molar-refractivity contribution in [3.05, 3.63) is 23.8 Å². The number of rotatable bonds is 5. The van der Waals surface area contributed by atoms with Gasteiger partial charge in [-0.05, 0) is 19.4 Å². The molecule has 0 aliphatic rings. The average Bonchev–Trinajstić information content (AvgIpc) is 2.35. The van der Waals surface area contributed by atoms with Gasteiger partial charge in [0, 0.05) is 13.0 Å². The maximum atomic E-state index is 11.1. The fourth-order valence-electron chi connectivity index (χ4n) is 0.913. The van der Waals surface area contributed by atoms with Gasteiger partial charge in [-0.25, -0.2) is 0 Å². The molecule has 92 valence electrons. The Labute approximate surface area is 98.6 Å². The number of hydrogen-bond acceptors (Lipinski definition) is 2. The van der Waals surface area contributed by atoms with Crippen molar-refractivity contribution >= 4 is 11.7 Å². The molecular formula is C13H23NO2. The van der Waals surface area contributed by atoms with Crippen LogP contribution in [-0.2, 0) is 9.59 Å². The van der Waals surface area contributed by atoms with Crippen LogP contribution < -0.4 is 5.32 Å². The third kappa shape index (κ3) is 7.97. The molecule has 0 unspecified atom stereocenters. The van der Waals surface area contributed by atoms with E-state index >= 15 is 0 Å². The molecule has 0 fully saturated rings. The summed E-state index contributed by atoms with van der Waals surface area (Å²) in [5, 5.41) is 2.56. The number of carbonyl (C=O) groups is 2. The van der Waals surface area contributed by atoms with Gasteiger partial charge in [-0.1, -0.05) is 39.0 Å². The van der Waals surface area contributed by atoms with Gasteiger partial charge >= 0.3 is 0 Å². The Kier molecular flexibility index (Phi) is 12.4.